The first-order valence-corrected chi connectivity index (χ1v) is 7.25. The molecule has 0 spiro atoms. The molecule has 6 heteroatoms. The summed E-state index contributed by atoms with van der Waals surface area (Å²) in [7, 11) is 0. The van der Waals surface area contributed by atoms with Crippen molar-refractivity contribution in [3.63, 3.8) is 0 Å². The topological polar surface area (TPSA) is 67.1 Å². The Morgan fingerprint density at radius 3 is 2.89 bits per heavy atom. The molecule has 100 valence electrons. The summed E-state index contributed by atoms with van der Waals surface area (Å²) in [5.74, 6) is 1.11. The molecule has 1 fully saturated rings. The van der Waals surface area contributed by atoms with E-state index in [1.807, 2.05) is 0 Å². The summed E-state index contributed by atoms with van der Waals surface area (Å²) >= 11 is 3.44. The molecule has 1 aromatic rings. The molecule has 2 rings (SSSR count). The zero-order chi connectivity index (χ0) is 13.0. The van der Waals surface area contributed by atoms with Gasteiger partial charge in [0.05, 0.1) is 4.47 Å². The van der Waals surface area contributed by atoms with Gasteiger partial charge >= 0.3 is 0 Å². The van der Waals surface area contributed by atoms with Crippen LogP contribution >= 0.6 is 15.9 Å². The first-order chi connectivity index (χ1) is 8.69. The van der Waals surface area contributed by atoms with E-state index in [0.29, 0.717) is 12.0 Å². The highest BCUT2D eigenvalue weighted by Gasteiger charge is 2.19. The van der Waals surface area contributed by atoms with Crippen LogP contribution in [-0.2, 0) is 0 Å². The molecule has 0 atom stereocenters. The predicted molar refractivity (Wildman–Crippen MR) is 77.5 cm³/mol. The van der Waals surface area contributed by atoms with Crippen molar-refractivity contribution in [3.05, 3.63) is 10.7 Å². The number of nitrogens with zero attached hydrogens (tertiary/aromatic N) is 3. The summed E-state index contributed by atoms with van der Waals surface area (Å²) < 4.78 is 0.868. The standard InChI is InChI=1S/C12H20BrN5/c1-2-5-18-6-3-9(4-7-18)16-11-10(13)8-15-12(14)17-11/h8-9H,2-7H2,1H3,(H3,14,15,16,17). The van der Waals surface area contributed by atoms with Gasteiger partial charge in [-0.3, -0.25) is 0 Å². The van der Waals surface area contributed by atoms with E-state index in [-0.39, 0.29) is 0 Å². The van der Waals surface area contributed by atoms with Gasteiger partial charge < -0.3 is 16.0 Å². The number of piperidine rings is 1. The fourth-order valence-corrected chi connectivity index (χ4v) is 2.60. The van der Waals surface area contributed by atoms with Gasteiger partial charge in [0.1, 0.15) is 5.82 Å². The molecule has 0 saturated carbocycles. The molecule has 2 heterocycles. The summed E-state index contributed by atoms with van der Waals surface area (Å²) in [5, 5.41) is 3.45. The van der Waals surface area contributed by atoms with Gasteiger partial charge in [-0.1, -0.05) is 6.92 Å². The normalized spacial score (nSPS) is 17.9. The molecule has 1 aromatic heterocycles. The van der Waals surface area contributed by atoms with Gasteiger partial charge in [0.2, 0.25) is 5.95 Å². The Balaban J connectivity index is 1.89. The highest BCUT2D eigenvalue weighted by molar-refractivity contribution is 9.10. The zero-order valence-electron chi connectivity index (χ0n) is 10.7. The smallest absolute Gasteiger partial charge is 0.221 e. The Bertz CT molecular complexity index is 390. The second-order valence-electron chi connectivity index (χ2n) is 4.68. The summed E-state index contributed by atoms with van der Waals surface area (Å²) in [6.07, 6.45) is 5.22. The summed E-state index contributed by atoms with van der Waals surface area (Å²) in [6, 6.07) is 0.476. The van der Waals surface area contributed by atoms with Crippen LogP contribution in [0.2, 0.25) is 0 Å². The fourth-order valence-electron chi connectivity index (χ4n) is 2.29. The maximum Gasteiger partial charge on any atom is 0.221 e. The van der Waals surface area contributed by atoms with Crippen molar-refractivity contribution in [2.45, 2.75) is 32.2 Å². The van der Waals surface area contributed by atoms with Crippen LogP contribution in [0.4, 0.5) is 11.8 Å². The van der Waals surface area contributed by atoms with Crippen molar-refractivity contribution in [2.24, 2.45) is 0 Å². The Morgan fingerprint density at radius 2 is 2.22 bits per heavy atom. The van der Waals surface area contributed by atoms with Crippen molar-refractivity contribution in [1.29, 1.82) is 0 Å². The molecule has 0 unspecified atom stereocenters. The Kier molecular flexibility index (Phi) is 4.77. The number of hydrogen-bond acceptors (Lipinski definition) is 5. The average molecular weight is 314 g/mol. The maximum absolute atomic E-state index is 5.60. The molecule has 1 saturated heterocycles. The molecule has 0 aliphatic carbocycles. The minimum Gasteiger partial charge on any atom is -0.368 e. The molecule has 18 heavy (non-hydrogen) atoms. The Hall–Kier alpha value is -0.880. The van der Waals surface area contributed by atoms with Crippen LogP contribution in [0.5, 0.6) is 0 Å². The number of anilines is 2. The Morgan fingerprint density at radius 1 is 1.50 bits per heavy atom. The van der Waals surface area contributed by atoms with Crippen molar-refractivity contribution < 1.29 is 0 Å². The van der Waals surface area contributed by atoms with Crippen LogP contribution in [0.15, 0.2) is 10.7 Å². The second-order valence-corrected chi connectivity index (χ2v) is 5.54. The van der Waals surface area contributed by atoms with E-state index in [1.165, 1.54) is 13.0 Å². The second kappa shape index (κ2) is 6.33. The van der Waals surface area contributed by atoms with Crippen LogP contribution in [-0.4, -0.2) is 40.5 Å². The lowest BCUT2D eigenvalue weighted by Crippen LogP contribution is -2.39. The molecule has 5 nitrogen and oxygen atoms in total. The number of rotatable bonds is 4. The first kappa shape index (κ1) is 13.5. The zero-order valence-corrected chi connectivity index (χ0v) is 12.3. The van der Waals surface area contributed by atoms with Gasteiger partial charge in [0, 0.05) is 25.3 Å². The molecule has 3 N–H and O–H groups in total. The van der Waals surface area contributed by atoms with E-state index >= 15 is 0 Å². The molecular weight excluding hydrogens is 294 g/mol. The molecule has 0 aromatic carbocycles. The molecule has 0 radical (unpaired) electrons. The third-order valence-electron chi connectivity index (χ3n) is 3.23. The number of hydrogen-bond donors (Lipinski definition) is 2. The lowest BCUT2D eigenvalue weighted by atomic mass is 10.0. The van der Waals surface area contributed by atoms with E-state index < -0.39 is 0 Å². The number of nitrogens with one attached hydrogen (secondary N) is 1. The van der Waals surface area contributed by atoms with E-state index in [2.05, 4.69) is 43.0 Å². The lowest BCUT2D eigenvalue weighted by molar-refractivity contribution is 0.219. The average Bonchev–Trinajstić information content (AvgIpc) is 2.37. The van der Waals surface area contributed by atoms with Gasteiger partial charge in [0.25, 0.3) is 0 Å². The minimum absolute atomic E-state index is 0.309. The molecule has 0 bridgehead atoms. The van der Waals surface area contributed by atoms with Gasteiger partial charge in [-0.15, -0.1) is 0 Å². The quantitative estimate of drug-likeness (QED) is 0.891. The molecule has 0 amide bonds. The largest absolute Gasteiger partial charge is 0.368 e. The maximum atomic E-state index is 5.60. The number of likely N-dealkylation sites (tertiary alicyclic amines) is 1. The third kappa shape index (κ3) is 3.55. The molecular formula is C12H20BrN5. The van der Waals surface area contributed by atoms with Crippen molar-refractivity contribution in [3.8, 4) is 0 Å². The van der Waals surface area contributed by atoms with Crippen LogP contribution in [0.25, 0.3) is 0 Å². The van der Waals surface area contributed by atoms with Crippen LogP contribution in [0.3, 0.4) is 0 Å². The van der Waals surface area contributed by atoms with Crippen molar-refractivity contribution in [2.75, 3.05) is 30.7 Å². The van der Waals surface area contributed by atoms with Crippen molar-refractivity contribution in [1.82, 2.24) is 14.9 Å². The van der Waals surface area contributed by atoms with E-state index in [0.717, 1.165) is 36.2 Å². The monoisotopic (exact) mass is 313 g/mol. The number of halogens is 1. The first-order valence-electron chi connectivity index (χ1n) is 6.46. The van der Waals surface area contributed by atoms with Gasteiger partial charge in [-0.05, 0) is 41.7 Å². The number of nitrogen functional groups attached to an aromatic ring is 1. The van der Waals surface area contributed by atoms with Crippen LogP contribution in [0, 0.1) is 0 Å². The number of aromatic nitrogens is 2. The van der Waals surface area contributed by atoms with E-state index in [9.17, 15) is 0 Å². The minimum atomic E-state index is 0.309. The number of nitrogens with two attached hydrogens (primary N) is 1. The SMILES string of the molecule is CCCN1CCC(Nc2nc(N)ncc2Br)CC1. The lowest BCUT2D eigenvalue weighted by Gasteiger charge is -2.32. The Labute approximate surface area is 116 Å². The molecule has 1 aliphatic heterocycles. The predicted octanol–water partition coefficient (Wildman–Crippen LogP) is 2.11. The van der Waals surface area contributed by atoms with Gasteiger partial charge in [-0.2, -0.15) is 4.98 Å². The van der Waals surface area contributed by atoms with Crippen molar-refractivity contribution >= 4 is 27.7 Å². The van der Waals surface area contributed by atoms with Crippen LogP contribution in [0.1, 0.15) is 26.2 Å². The summed E-state index contributed by atoms with van der Waals surface area (Å²) in [5.41, 5.74) is 5.60. The van der Waals surface area contributed by atoms with Gasteiger partial charge in [0.15, 0.2) is 0 Å². The highest BCUT2D eigenvalue weighted by Crippen LogP contribution is 2.22. The summed E-state index contributed by atoms with van der Waals surface area (Å²) in [4.78, 5) is 10.7. The summed E-state index contributed by atoms with van der Waals surface area (Å²) in [6.45, 7) is 5.75. The van der Waals surface area contributed by atoms with Gasteiger partial charge in [-0.25, -0.2) is 4.98 Å². The third-order valence-corrected chi connectivity index (χ3v) is 3.81. The van der Waals surface area contributed by atoms with E-state index in [4.69, 9.17) is 5.73 Å². The van der Waals surface area contributed by atoms with Crippen LogP contribution < -0.4 is 11.1 Å². The molecule has 1 aliphatic rings. The fraction of sp³-hybridized carbons (Fsp3) is 0.667. The highest BCUT2D eigenvalue weighted by atomic mass is 79.9. The van der Waals surface area contributed by atoms with E-state index in [1.54, 1.807) is 6.20 Å².